The van der Waals surface area contributed by atoms with Crippen LogP contribution in [0.3, 0.4) is 0 Å². The fourth-order valence-electron chi connectivity index (χ4n) is 1.33. The summed E-state index contributed by atoms with van der Waals surface area (Å²) in [4.78, 5) is 0. The maximum absolute atomic E-state index is 8.68. The first-order valence-corrected chi connectivity index (χ1v) is 5.72. The molecule has 2 rings (SSSR count). The molecule has 3 nitrogen and oxygen atoms in total. The second-order valence-electron chi connectivity index (χ2n) is 3.40. The minimum Gasteiger partial charge on any atom is -0.456 e. The van der Waals surface area contributed by atoms with Crippen LogP contribution in [0.15, 0.2) is 46.9 Å². The number of hydrogen-bond donors (Lipinski definition) is 1. The zero-order valence-electron chi connectivity index (χ0n) is 8.85. The highest BCUT2D eigenvalue weighted by atomic mass is 79.9. The number of benzene rings is 2. The van der Waals surface area contributed by atoms with Crippen molar-refractivity contribution in [2.45, 2.75) is 0 Å². The first kappa shape index (κ1) is 11.5. The Balaban J connectivity index is 2.26. The second kappa shape index (κ2) is 4.89. The molecule has 0 aromatic heterocycles. The van der Waals surface area contributed by atoms with Gasteiger partial charge >= 0.3 is 0 Å². The van der Waals surface area contributed by atoms with Gasteiger partial charge in [0, 0.05) is 5.69 Å². The van der Waals surface area contributed by atoms with Crippen molar-refractivity contribution >= 4 is 21.6 Å². The molecule has 0 aliphatic carbocycles. The summed E-state index contributed by atoms with van der Waals surface area (Å²) < 4.78 is 6.38. The van der Waals surface area contributed by atoms with Crippen molar-refractivity contribution in [3.05, 3.63) is 52.5 Å². The minimum atomic E-state index is 0.601. The van der Waals surface area contributed by atoms with Crippen molar-refractivity contribution in [2.75, 3.05) is 5.73 Å². The average molecular weight is 289 g/mol. The highest BCUT2D eigenvalue weighted by Gasteiger charge is 2.05. The number of anilines is 1. The Labute approximate surface area is 108 Å². The minimum absolute atomic E-state index is 0.601. The van der Waals surface area contributed by atoms with Crippen LogP contribution in [0, 0.1) is 11.3 Å². The van der Waals surface area contributed by atoms with Crippen LogP contribution >= 0.6 is 15.9 Å². The quantitative estimate of drug-likeness (QED) is 0.858. The van der Waals surface area contributed by atoms with E-state index in [1.807, 2.05) is 12.1 Å². The summed E-state index contributed by atoms with van der Waals surface area (Å²) in [5, 5.41) is 8.68. The largest absolute Gasteiger partial charge is 0.456 e. The van der Waals surface area contributed by atoms with Crippen LogP contribution in [0.5, 0.6) is 11.5 Å². The van der Waals surface area contributed by atoms with E-state index in [0.29, 0.717) is 22.7 Å². The van der Waals surface area contributed by atoms with Gasteiger partial charge in [0.25, 0.3) is 0 Å². The van der Waals surface area contributed by atoms with Gasteiger partial charge in [-0.15, -0.1) is 0 Å². The Bertz CT molecular complexity index is 573. The molecule has 0 saturated carbocycles. The van der Waals surface area contributed by atoms with Crippen LogP contribution in [0.2, 0.25) is 0 Å². The summed E-state index contributed by atoms with van der Waals surface area (Å²) in [7, 11) is 0. The third kappa shape index (κ3) is 2.58. The highest BCUT2D eigenvalue weighted by molar-refractivity contribution is 9.10. The van der Waals surface area contributed by atoms with Gasteiger partial charge in [0.15, 0.2) is 0 Å². The summed E-state index contributed by atoms with van der Waals surface area (Å²) in [6.07, 6.45) is 0. The lowest BCUT2D eigenvalue weighted by Gasteiger charge is -2.08. The van der Waals surface area contributed by atoms with Gasteiger partial charge in [-0.1, -0.05) is 6.07 Å². The van der Waals surface area contributed by atoms with Crippen LogP contribution < -0.4 is 10.5 Å². The van der Waals surface area contributed by atoms with Crippen molar-refractivity contribution in [2.24, 2.45) is 0 Å². The van der Waals surface area contributed by atoms with E-state index in [-0.39, 0.29) is 0 Å². The van der Waals surface area contributed by atoms with E-state index in [4.69, 9.17) is 15.7 Å². The van der Waals surface area contributed by atoms with Gasteiger partial charge in [0.2, 0.25) is 0 Å². The van der Waals surface area contributed by atoms with Crippen LogP contribution in [-0.4, -0.2) is 0 Å². The van der Waals surface area contributed by atoms with Crippen LogP contribution in [-0.2, 0) is 0 Å². The normalized spacial score (nSPS) is 9.65. The molecule has 0 heterocycles. The van der Waals surface area contributed by atoms with E-state index < -0.39 is 0 Å². The van der Waals surface area contributed by atoms with Gasteiger partial charge in [-0.05, 0) is 52.3 Å². The lowest BCUT2D eigenvalue weighted by molar-refractivity contribution is 0.480. The molecule has 0 bridgehead atoms. The molecular formula is C13H9BrN2O. The summed E-state index contributed by atoms with van der Waals surface area (Å²) in [6, 6.07) is 14.4. The van der Waals surface area contributed by atoms with Gasteiger partial charge in [-0.2, -0.15) is 5.26 Å². The van der Waals surface area contributed by atoms with E-state index in [9.17, 15) is 0 Å². The van der Waals surface area contributed by atoms with E-state index in [0.717, 1.165) is 4.47 Å². The van der Waals surface area contributed by atoms with Gasteiger partial charge in [-0.25, -0.2) is 0 Å². The SMILES string of the molecule is N#Cc1ccc(Oc2cccc(N)c2Br)cc1. The summed E-state index contributed by atoms with van der Waals surface area (Å²) in [5.41, 5.74) is 6.97. The molecule has 84 valence electrons. The predicted molar refractivity (Wildman–Crippen MR) is 69.8 cm³/mol. The van der Waals surface area contributed by atoms with Gasteiger partial charge < -0.3 is 10.5 Å². The van der Waals surface area contributed by atoms with Gasteiger partial charge in [0.1, 0.15) is 11.5 Å². The summed E-state index contributed by atoms with van der Waals surface area (Å²) >= 11 is 3.36. The molecule has 0 saturated heterocycles. The molecule has 0 spiro atoms. The third-order valence-electron chi connectivity index (χ3n) is 2.20. The molecule has 0 fully saturated rings. The number of rotatable bonds is 2. The van der Waals surface area contributed by atoms with E-state index in [1.54, 1.807) is 30.3 Å². The summed E-state index contributed by atoms with van der Waals surface area (Å²) in [5.74, 6) is 1.31. The first-order valence-electron chi connectivity index (χ1n) is 4.92. The molecule has 0 radical (unpaired) electrons. The Hall–Kier alpha value is -1.99. The van der Waals surface area contributed by atoms with Gasteiger partial charge in [0.05, 0.1) is 16.1 Å². The molecule has 2 aromatic rings. The maximum atomic E-state index is 8.68. The van der Waals surface area contributed by atoms with Crippen LogP contribution in [0.25, 0.3) is 0 Å². The van der Waals surface area contributed by atoms with Crippen LogP contribution in [0.4, 0.5) is 5.69 Å². The van der Waals surface area contributed by atoms with Crippen molar-refractivity contribution in [3.8, 4) is 17.6 Å². The third-order valence-corrected chi connectivity index (χ3v) is 3.05. The van der Waals surface area contributed by atoms with Crippen molar-refractivity contribution in [1.82, 2.24) is 0 Å². The molecule has 2 aromatic carbocycles. The Morgan fingerprint density at radius 2 is 1.82 bits per heavy atom. The van der Waals surface area contributed by atoms with Crippen molar-refractivity contribution < 1.29 is 4.74 Å². The van der Waals surface area contributed by atoms with E-state index in [2.05, 4.69) is 22.0 Å². The fraction of sp³-hybridized carbons (Fsp3) is 0. The average Bonchev–Trinajstić information content (AvgIpc) is 2.36. The highest BCUT2D eigenvalue weighted by Crippen LogP contribution is 2.33. The molecule has 2 N–H and O–H groups in total. The Morgan fingerprint density at radius 1 is 1.12 bits per heavy atom. The molecule has 0 unspecified atom stereocenters. The molecule has 0 amide bonds. The first-order chi connectivity index (χ1) is 8.20. The maximum Gasteiger partial charge on any atom is 0.143 e. The van der Waals surface area contributed by atoms with Crippen molar-refractivity contribution in [3.63, 3.8) is 0 Å². The van der Waals surface area contributed by atoms with Crippen molar-refractivity contribution in [1.29, 1.82) is 5.26 Å². The Kier molecular flexibility index (Phi) is 3.31. The molecular weight excluding hydrogens is 280 g/mol. The zero-order valence-corrected chi connectivity index (χ0v) is 10.4. The number of halogens is 1. The van der Waals surface area contributed by atoms with Crippen LogP contribution in [0.1, 0.15) is 5.56 Å². The van der Waals surface area contributed by atoms with Gasteiger partial charge in [-0.3, -0.25) is 0 Å². The summed E-state index contributed by atoms with van der Waals surface area (Å²) in [6.45, 7) is 0. The lowest BCUT2D eigenvalue weighted by Crippen LogP contribution is -1.90. The standard InChI is InChI=1S/C13H9BrN2O/c14-13-11(16)2-1-3-12(13)17-10-6-4-9(8-15)5-7-10/h1-7H,16H2. The number of nitriles is 1. The molecule has 4 heteroatoms. The lowest BCUT2D eigenvalue weighted by atomic mass is 10.2. The number of ether oxygens (including phenoxy) is 1. The smallest absolute Gasteiger partial charge is 0.143 e. The van der Waals surface area contributed by atoms with E-state index >= 15 is 0 Å². The number of hydrogen-bond acceptors (Lipinski definition) is 3. The molecule has 0 atom stereocenters. The second-order valence-corrected chi connectivity index (χ2v) is 4.19. The number of nitrogens with two attached hydrogens (primary N) is 1. The fourth-order valence-corrected chi connectivity index (χ4v) is 1.68. The predicted octanol–water partition coefficient (Wildman–Crippen LogP) is 3.70. The number of nitrogen functional groups attached to an aromatic ring is 1. The number of nitrogens with zero attached hydrogens (tertiary/aromatic N) is 1. The molecule has 0 aliphatic rings. The molecule has 17 heavy (non-hydrogen) atoms. The topological polar surface area (TPSA) is 59.0 Å². The zero-order chi connectivity index (χ0) is 12.3. The monoisotopic (exact) mass is 288 g/mol. The Morgan fingerprint density at radius 3 is 2.47 bits per heavy atom. The van der Waals surface area contributed by atoms with E-state index in [1.165, 1.54) is 0 Å². The molecule has 0 aliphatic heterocycles.